The summed E-state index contributed by atoms with van der Waals surface area (Å²) < 4.78 is 13.5. The first kappa shape index (κ1) is 12.5. The lowest BCUT2D eigenvalue weighted by atomic mass is 10.1. The Hall–Kier alpha value is -1.93. The highest BCUT2D eigenvalue weighted by molar-refractivity contribution is 5.94. The highest BCUT2D eigenvalue weighted by atomic mass is 19.1. The summed E-state index contributed by atoms with van der Waals surface area (Å²) in [5, 5.41) is 8.59. The molecule has 0 bridgehead atoms. The van der Waals surface area contributed by atoms with Gasteiger partial charge in [0.05, 0.1) is 18.2 Å². The van der Waals surface area contributed by atoms with Crippen molar-refractivity contribution < 1.29 is 9.18 Å². The average Bonchev–Trinajstić information content (AvgIpc) is 2.40. The van der Waals surface area contributed by atoms with Crippen LogP contribution in [0, 0.1) is 17.1 Å². The zero-order chi connectivity index (χ0) is 13.0. The monoisotopic (exact) mass is 247 g/mol. The second kappa shape index (κ2) is 5.61. The van der Waals surface area contributed by atoms with Gasteiger partial charge in [0.25, 0.3) is 5.91 Å². The van der Waals surface area contributed by atoms with Gasteiger partial charge in [-0.1, -0.05) is 12.1 Å². The number of carbonyl (C=O) groups excluding carboxylic acids is 1. The Balaban J connectivity index is 2.00. The van der Waals surface area contributed by atoms with Crippen molar-refractivity contribution >= 4 is 5.91 Å². The number of nitrogens with zero attached hydrogens (tertiary/aromatic N) is 3. The van der Waals surface area contributed by atoms with Crippen molar-refractivity contribution in [2.75, 3.05) is 32.7 Å². The second-order valence-corrected chi connectivity index (χ2v) is 4.21. The summed E-state index contributed by atoms with van der Waals surface area (Å²) in [6.07, 6.45) is 0. The van der Waals surface area contributed by atoms with Gasteiger partial charge in [0.2, 0.25) is 0 Å². The summed E-state index contributed by atoms with van der Waals surface area (Å²) in [6.45, 7) is 2.77. The third-order valence-electron chi connectivity index (χ3n) is 3.06. The van der Waals surface area contributed by atoms with Gasteiger partial charge in [0, 0.05) is 26.2 Å². The molecule has 0 radical (unpaired) electrons. The van der Waals surface area contributed by atoms with Crippen LogP contribution in [0.1, 0.15) is 10.4 Å². The minimum atomic E-state index is -0.484. The average molecular weight is 247 g/mol. The van der Waals surface area contributed by atoms with Crippen molar-refractivity contribution in [2.45, 2.75) is 0 Å². The molecule has 0 aromatic heterocycles. The number of rotatable bonds is 2. The first-order valence-corrected chi connectivity index (χ1v) is 5.85. The van der Waals surface area contributed by atoms with Gasteiger partial charge in [-0.15, -0.1) is 0 Å². The third-order valence-corrected chi connectivity index (χ3v) is 3.06. The van der Waals surface area contributed by atoms with Crippen LogP contribution < -0.4 is 0 Å². The molecular weight excluding hydrogens is 233 g/mol. The normalized spacial score (nSPS) is 16.3. The van der Waals surface area contributed by atoms with Gasteiger partial charge in [-0.2, -0.15) is 5.26 Å². The molecule has 0 spiro atoms. The molecule has 1 aromatic rings. The first-order valence-electron chi connectivity index (χ1n) is 5.85. The number of halogens is 1. The van der Waals surface area contributed by atoms with Gasteiger partial charge >= 0.3 is 0 Å². The van der Waals surface area contributed by atoms with Crippen LogP contribution in [-0.2, 0) is 0 Å². The van der Waals surface area contributed by atoms with Crippen LogP contribution in [-0.4, -0.2) is 48.4 Å². The summed E-state index contributed by atoms with van der Waals surface area (Å²) in [6, 6.07) is 8.10. The number of piperazine rings is 1. The lowest BCUT2D eigenvalue weighted by molar-refractivity contribution is 0.0647. The van der Waals surface area contributed by atoms with Crippen LogP contribution in [0.4, 0.5) is 4.39 Å². The highest BCUT2D eigenvalue weighted by Gasteiger charge is 2.23. The summed E-state index contributed by atoms with van der Waals surface area (Å²) in [7, 11) is 0. The fraction of sp³-hybridized carbons (Fsp3) is 0.385. The maximum absolute atomic E-state index is 13.5. The van der Waals surface area contributed by atoms with Crippen molar-refractivity contribution in [3.63, 3.8) is 0 Å². The molecule has 0 aliphatic carbocycles. The van der Waals surface area contributed by atoms with Crippen LogP contribution >= 0.6 is 0 Å². The Morgan fingerprint density at radius 1 is 1.28 bits per heavy atom. The van der Waals surface area contributed by atoms with Crippen molar-refractivity contribution in [2.24, 2.45) is 0 Å². The molecule has 18 heavy (non-hydrogen) atoms. The molecular formula is C13H14FN3O. The minimum Gasteiger partial charge on any atom is -0.336 e. The molecule has 1 heterocycles. The maximum Gasteiger partial charge on any atom is 0.256 e. The molecule has 1 fully saturated rings. The molecule has 0 unspecified atom stereocenters. The summed E-state index contributed by atoms with van der Waals surface area (Å²) in [5.41, 5.74) is 0.117. The first-order chi connectivity index (χ1) is 8.72. The molecule has 1 saturated heterocycles. The van der Waals surface area contributed by atoms with Gasteiger partial charge < -0.3 is 4.90 Å². The van der Waals surface area contributed by atoms with Crippen LogP contribution in [0.15, 0.2) is 24.3 Å². The lowest BCUT2D eigenvalue weighted by Crippen LogP contribution is -2.48. The van der Waals surface area contributed by atoms with Gasteiger partial charge in [0.1, 0.15) is 5.82 Å². The summed E-state index contributed by atoms with van der Waals surface area (Å²) in [5.74, 6) is -0.758. The van der Waals surface area contributed by atoms with Crippen LogP contribution in [0.5, 0.6) is 0 Å². The number of nitriles is 1. The molecule has 1 aliphatic rings. The fourth-order valence-electron chi connectivity index (χ4n) is 2.01. The van der Waals surface area contributed by atoms with E-state index >= 15 is 0 Å². The molecule has 0 atom stereocenters. The molecule has 2 rings (SSSR count). The zero-order valence-electron chi connectivity index (χ0n) is 9.97. The van der Waals surface area contributed by atoms with Crippen LogP contribution in [0.3, 0.4) is 0 Å². The molecule has 0 N–H and O–H groups in total. The largest absolute Gasteiger partial charge is 0.336 e. The van der Waals surface area contributed by atoms with E-state index in [0.29, 0.717) is 32.7 Å². The van der Waals surface area contributed by atoms with Gasteiger partial charge in [-0.25, -0.2) is 4.39 Å². The van der Waals surface area contributed by atoms with Gasteiger partial charge in [0.15, 0.2) is 0 Å². The highest BCUT2D eigenvalue weighted by Crippen LogP contribution is 2.12. The number of amides is 1. The van der Waals surface area contributed by atoms with E-state index in [1.165, 1.54) is 12.1 Å². The quantitative estimate of drug-likeness (QED) is 0.735. The molecule has 0 saturated carbocycles. The second-order valence-electron chi connectivity index (χ2n) is 4.21. The molecule has 1 amide bonds. The zero-order valence-corrected chi connectivity index (χ0v) is 9.97. The predicted octanol–water partition coefficient (Wildman–Crippen LogP) is 1.11. The number of hydrogen-bond donors (Lipinski definition) is 0. The molecule has 1 aromatic carbocycles. The predicted molar refractivity (Wildman–Crippen MR) is 64.4 cm³/mol. The Morgan fingerprint density at radius 2 is 1.94 bits per heavy atom. The Morgan fingerprint density at radius 3 is 2.56 bits per heavy atom. The van der Waals surface area contributed by atoms with Crippen LogP contribution in [0.2, 0.25) is 0 Å². The number of hydrogen-bond acceptors (Lipinski definition) is 3. The molecule has 94 valence electrons. The molecule has 1 aliphatic heterocycles. The van der Waals surface area contributed by atoms with E-state index < -0.39 is 5.82 Å². The van der Waals surface area contributed by atoms with E-state index in [4.69, 9.17) is 5.26 Å². The number of benzene rings is 1. The smallest absolute Gasteiger partial charge is 0.256 e. The summed E-state index contributed by atoms with van der Waals surface area (Å²) >= 11 is 0. The van der Waals surface area contributed by atoms with E-state index in [1.54, 1.807) is 17.0 Å². The van der Waals surface area contributed by atoms with Crippen molar-refractivity contribution in [3.05, 3.63) is 35.6 Å². The van der Waals surface area contributed by atoms with Crippen molar-refractivity contribution in [1.82, 2.24) is 9.80 Å². The number of carbonyl (C=O) groups is 1. The molecule has 5 heteroatoms. The van der Waals surface area contributed by atoms with Crippen LogP contribution in [0.25, 0.3) is 0 Å². The van der Waals surface area contributed by atoms with Crippen molar-refractivity contribution in [1.29, 1.82) is 5.26 Å². The third kappa shape index (κ3) is 2.66. The Labute approximate surface area is 105 Å². The van der Waals surface area contributed by atoms with E-state index in [2.05, 4.69) is 6.07 Å². The molecule has 4 nitrogen and oxygen atoms in total. The van der Waals surface area contributed by atoms with E-state index in [-0.39, 0.29) is 11.5 Å². The van der Waals surface area contributed by atoms with Gasteiger partial charge in [-0.05, 0) is 12.1 Å². The fourth-order valence-corrected chi connectivity index (χ4v) is 2.01. The lowest BCUT2D eigenvalue weighted by Gasteiger charge is -2.33. The van der Waals surface area contributed by atoms with E-state index in [1.807, 2.05) is 4.90 Å². The van der Waals surface area contributed by atoms with E-state index in [0.717, 1.165) is 0 Å². The topological polar surface area (TPSA) is 47.3 Å². The Bertz CT molecular complexity index is 475. The minimum absolute atomic E-state index is 0.117. The Kier molecular flexibility index (Phi) is 3.90. The SMILES string of the molecule is N#CCN1CCN(C(=O)c2ccccc2F)CC1. The maximum atomic E-state index is 13.5. The van der Waals surface area contributed by atoms with E-state index in [9.17, 15) is 9.18 Å². The van der Waals surface area contributed by atoms with Crippen molar-refractivity contribution in [3.8, 4) is 6.07 Å². The summed E-state index contributed by atoms with van der Waals surface area (Å²) in [4.78, 5) is 15.7. The standard InChI is InChI=1S/C13H14FN3O/c14-12-4-2-1-3-11(12)13(18)17-9-7-16(6-5-15)8-10-17/h1-4H,6-10H2. The van der Waals surface area contributed by atoms with Gasteiger partial charge in [-0.3, -0.25) is 9.69 Å².